The van der Waals surface area contributed by atoms with E-state index in [9.17, 15) is 14.4 Å². The lowest BCUT2D eigenvalue weighted by atomic mass is 10.0. The Morgan fingerprint density at radius 2 is 1.93 bits per heavy atom. The summed E-state index contributed by atoms with van der Waals surface area (Å²) in [7, 11) is 1.31. The number of esters is 1. The SMILES string of the molecule is COC(=O)[C@@H]1CCCN1C(=O)[C@H](CC(C)C)NC(=O)OCc1ccccc1. The van der Waals surface area contributed by atoms with Crippen LogP contribution in [0.3, 0.4) is 0 Å². The highest BCUT2D eigenvalue weighted by atomic mass is 16.5. The van der Waals surface area contributed by atoms with Gasteiger partial charge in [0.15, 0.2) is 0 Å². The van der Waals surface area contributed by atoms with Gasteiger partial charge in [0, 0.05) is 6.54 Å². The Balaban J connectivity index is 1.99. The van der Waals surface area contributed by atoms with Crippen molar-refractivity contribution in [3.63, 3.8) is 0 Å². The van der Waals surface area contributed by atoms with Crippen LogP contribution in [0.1, 0.15) is 38.7 Å². The van der Waals surface area contributed by atoms with Crippen LogP contribution in [0.2, 0.25) is 0 Å². The molecule has 1 N–H and O–H groups in total. The predicted molar refractivity (Wildman–Crippen MR) is 99.8 cm³/mol. The summed E-state index contributed by atoms with van der Waals surface area (Å²) in [5.41, 5.74) is 0.865. The number of nitrogens with one attached hydrogen (secondary N) is 1. The van der Waals surface area contributed by atoms with Crippen molar-refractivity contribution >= 4 is 18.0 Å². The number of hydrogen-bond donors (Lipinski definition) is 1. The molecule has 1 aromatic rings. The van der Waals surface area contributed by atoms with Crippen molar-refractivity contribution in [2.75, 3.05) is 13.7 Å². The molecule has 0 bridgehead atoms. The molecular weight excluding hydrogens is 348 g/mol. The second kappa shape index (κ2) is 9.94. The number of carbonyl (C=O) groups excluding carboxylic acids is 3. The van der Waals surface area contributed by atoms with Crippen molar-refractivity contribution in [2.24, 2.45) is 5.92 Å². The molecule has 2 atom stereocenters. The quantitative estimate of drug-likeness (QED) is 0.739. The summed E-state index contributed by atoms with van der Waals surface area (Å²) in [6.07, 6.45) is 1.12. The fourth-order valence-electron chi connectivity index (χ4n) is 3.21. The predicted octanol–water partition coefficient (Wildman–Crippen LogP) is 2.49. The molecule has 1 heterocycles. The van der Waals surface area contributed by atoms with Crippen molar-refractivity contribution in [1.29, 1.82) is 0 Å². The van der Waals surface area contributed by atoms with Gasteiger partial charge in [-0.25, -0.2) is 9.59 Å². The van der Waals surface area contributed by atoms with Crippen LogP contribution in [0.4, 0.5) is 4.79 Å². The Kier molecular flexibility index (Phi) is 7.64. The molecule has 1 aliphatic heterocycles. The number of likely N-dealkylation sites (tertiary alicyclic amines) is 1. The summed E-state index contributed by atoms with van der Waals surface area (Å²) in [5.74, 6) is -0.503. The van der Waals surface area contributed by atoms with E-state index in [2.05, 4.69) is 5.32 Å². The molecule has 0 radical (unpaired) electrons. The van der Waals surface area contributed by atoms with E-state index in [1.807, 2.05) is 44.2 Å². The number of rotatable bonds is 7. The Hall–Kier alpha value is -2.57. The van der Waals surface area contributed by atoms with Crippen LogP contribution in [0, 0.1) is 5.92 Å². The van der Waals surface area contributed by atoms with E-state index in [1.54, 1.807) is 0 Å². The van der Waals surface area contributed by atoms with E-state index >= 15 is 0 Å². The van der Waals surface area contributed by atoms with E-state index < -0.39 is 24.1 Å². The molecule has 2 rings (SSSR count). The van der Waals surface area contributed by atoms with Gasteiger partial charge in [0.05, 0.1) is 7.11 Å². The minimum absolute atomic E-state index is 0.129. The summed E-state index contributed by atoms with van der Waals surface area (Å²) < 4.78 is 10.0. The number of alkyl carbamates (subject to hydrolysis) is 1. The Bertz CT molecular complexity index is 647. The Morgan fingerprint density at radius 3 is 2.56 bits per heavy atom. The zero-order chi connectivity index (χ0) is 19.8. The first kappa shape index (κ1) is 20.7. The third kappa shape index (κ3) is 5.98. The molecule has 0 spiro atoms. The lowest BCUT2D eigenvalue weighted by Crippen LogP contribution is -2.52. The maximum Gasteiger partial charge on any atom is 0.408 e. The number of methoxy groups -OCH3 is 1. The fourth-order valence-corrected chi connectivity index (χ4v) is 3.21. The van der Waals surface area contributed by atoms with Crippen LogP contribution in [0.15, 0.2) is 30.3 Å². The van der Waals surface area contributed by atoms with Gasteiger partial charge in [0.1, 0.15) is 18.7 Å². The zero-order valence-electron chi connectivity index (χ0n) is 16.1. The van der Waals surface area contributed by atoms with Gasteiger partial charge in [-0.3, -0.25) is 4.79 Å². The van der Waals surface area contributed by atoms with Gasteiger partial charge >= 0.3 is 12.1 Å². The molecule has 0 aliphatic carbocycles. The first-order chi connectivity index (χ1) is 12.9. The van der Waals surface area contributed by atoms with Gasteiger partial charge in [-0.05, 0) is 30.7 Å². The second-order valence-electron chi connectivity index (χ2n) is 7.10. The van der Waals surface area contributed by atoms with E-state index in [4.69, 9.17) is 9.47 Å². The van der Waals surface area contributed by atoms with Crippen LogP contribution < -0.4 is 5.32 Å². The molecular formula is C20H28N2O5. The average molecular weight is 376 g/mol. The Morgan fingerprint density at radius 1 is 1.22 bits per heavy atom. The van der Waals surface area contributed by atoms with Crippen LogP contribution in [-0.4, -0.2) is 48.6 Å². The molecule has 27 heavy (non-hydrogen) atoms. The smallest absolute Gasteiger partial charge is 0.408 e. The van der Waals surface area contributed by atoms with E-state index in [-0.39, 0.29) is 18.4 Å². The number of benzene rings is 1. The minimum atomic E-state index is -0.737. The third-order valence-corrected chi connectivity index (χ3v) is 4.52. The van der Waals surface area contributed by atoms with E-state index in [1.165, 1.54) is 12.0 Å². The van der Waals surface area contributed by atoms with E-state index in [0.29, 0.717) is 19.4 Å². The van der Waals surface area contributed by atoms with Crippen molar-refractivity contribution in [2.45, 2.75) is 51.8 Å². The van der Waals surface area contributed by atoms with Gasteiger partial charge in [-0.2, -0.15) is 0 Å². The molecule has 148 valence electrons. The lowest BCUT2D eigenvalue weighted by Gasteiger charge is -2.28. The summed E-state index contributed by atoms with van der Waals surface area (Å²) in [6, 6.07) is 8.00. The van der Waals surface area contributed by atoms with E-state index in [0.717, 1.165) is 12.0 Å². The Labute approximate surface area is 160 Å². The normalized spacial score (nSPS) is 17.5. The molecule has 0 unspecified atom stereocenters. The summed E-state index contributed by atoms with van der Waals surface area (Å²) in [6.45, 7) is 4.55. The van der Waals surface area contributed by atoms with Gasteiger partial charge in [-0.1, -0.05) is 44.2 Å². The number of nitrogens with zero attached hydrogens (tertiary/aromatic N) is 1. The van der Waals surface area contributed by atoms with Crippen molar-refractivity contribution < 1.29 is 23.9 Å². The van der Waals surface area contributed by atoms with Crippen LogP contribution in [0.25, 0.3) is 0 Å². The highest BCUT2D eigenvalue weighted by Crippen LogP contribution is 2.21. The molecule has 7 heteroatoms. The molecule has 2 amide bonds. The number of amides is 2. The molecule has 1 fully saturated rings. The molecule has 1 saturated heterocycles. The average Bonchev–Trinajstić information content (AvgIpc) is 3.15. The molecule has 1 aromatic carbocycles. The van der Waals surface area contributed by atoms with Crippen LogP contribution in [-0.2, 0) is 25.7 Å². The van der Waals surface area contributed by atoms with Crippen molar-refractivity contribution in [1.82, 2.24) is 10.2 Å². The zero-order valence-corrected chi connectivity index (χ0v) is 16.1. The maximum atomic E-state index is 13.0. The highest BCUT2D eigenvalue weighted by molar-refractivity contribution is 5.90. The lowest BCUT2D eigenvalue weighted by molar-refractivity contribution is -0.151. The third-order valence-electron chi connectivity index (χ3n) is 4.52. The molecule has 7 nitrogen and oxygen atoms in total. The summed E-state index contributed by atoms with van der Waals surface area (Å²) in [5, 5.41) is 2.67. The summed E-state index contributed by atoms with van der Waals surface area (Å²) >= 11 is 0. The molecule has 0 saturated carbocycles. The second-order valence-corrected chi connectivity index (χ2v) is 7.10. The highest BCUT2D eigenvalue weighted by Gasteiger charge is 2.38. The monoisotopic (exact) mass is 376 g/mol. The van der Waals surface area contributed by atoms with Crippen LogP contribution in [0.5, 0.6) is 0 Å². The minimum Gasteiger partial charge on any atom is -0.467 e. The maximum absolute atomic E-state index is 13.0. The number of ether oxygens (including phenoxy) is 2. The standard InChI is InChI=1S/C20H28N2O5/c1-14(2)12-16(18(23)22-11-7-10-17(22)19(24)26-3)21-20(25)27-13-15-8-5-4-6-9-15/h4-6,8-9,14,16-17H,7,10-13H2,1-3H3,(H,21,25)/t16-,17-/m0/s1. The number of carbonyl (C=O) groups is 3. The van der Waals surface area contributed by atoms with Crippen molar-refractivity contribution in [3.05, 3.63) is 35.9 Å². The first-order valence-corrected chi connectivity index (χ1v) is 9.28. The molecule has 0 aromatic heterocycles. The van der Waals surface area contributed by atoms with Gasteiger partial charge in [0.2, 0.25) is 5.91 Å². The van der Waals surface area contributed by atoms with Crippen molar-refractivity contribution in [3.8, 4) is 0 Å². The fraction of sp³-hybridized carbons (Fsp3) is 0.550. The number of hydrogen-bond acceptors (Lipinski definition) is 5. The first-order valence-electron chi connectivity index (χ1n) is 9.28. The topological polar surface area (TPSA) is 84.9 Å². The van der Waals surface area contributed by atoms with Gasteiger partial charge in [0.25, 0.3) is 0 Å². The molecule has 1 aliphatic rings. The van der Waals surface area contributed by atoms with Gasteiger partial charge < -0.3 is 19.7 Å². The van der Waals surface area contributed by atoms with Crippen LogP contribution >= 0.6 is 0 Å². The van der Waals surface area contributed by atoms with Gasteiger partial charge in [-0.15, -0.1) is 0 Å². The summed E-state index contributed by atoms with van der Waals surface area (Å²) in [4.78, 5) is 38.6. The largest absolute Gasteiger partial charge is 0.467 e.